The summed E-state index contributed by atoms with van der Waals surface area (Å²) < 4.78 is 22.5. The Labute approximate surface area is 236 Å². The van der Waals surface area contributed by atoms with Crippen LogP contribution in [0, 0.1) is 0 Å². The number of hydrogen-bond acceptors (Lipinski definition) is 15. The van der Waals surface area contributed by atoms with Gasteiger partial charge in [-0.2, -0.15) is 0 Å². The van der Waals surface area contributed by atoms with E-state index in [1.807, 2.05) is 0 Å². The highest BCUT2D eigenvalue weighted by molar-refractivity contribution is 5.89. The lowest BCUT2D eigenvalue weighted by atomic mass is 9.89. The van der Waals surface area contributed by atoms with Crippen LogP contribution in [0.2, 0.25) is 0 Å². The number of phenols is 3. The van der Waals surface area contributed by atoms with Crippen LogP contribution in [0.4, 0.5) is 0 Å². The van der Waals surface area contributed by atoms with Crippen molar-refractivity contribution < 1.29 is 69.7 Å². The highest BCUT2D eigenvalue weighted by Crippen LogP contribution is 2.44. The summed E-state index contributed by atoms with van der Waals surface area (Å²) in [7, 11) is 0. The Hall–Kier alpha value is -3.35. The summed E-state index contributed by atoms with van der Waals surface area (Å²) >= 11 is 0. The molecule has 0 aliphatic carbocycles. The Morgan fingerprint density at radius 3 is 2.02 bits per heavy atom. The fourth-order valence-corrected chi connectivity index (χ4v) is 5.19. The molecule has 10 N–H and O–H groups in total. The second-order valence-corrected chi connectivity index (χ2v) is 10.1. The van der Waals surface area contributed by atoms with E-state index in [9.17, 15) is 55.9 Å². The third kappa shape index (κ3) is 5.20. The van der Waals surface area contributed by atoms with Gasteiger partial charge in [0.2, 0.25) is 0 Å². The number of phenolic OH excluding ortho intramolecular Hbond substituents is 3. The Morgan fingerprint density at radius 2 is 1.38 bits per heavy atom. The van der Waals surface area contributed by atoms with Gasteiger partial charge in [0.05, 0.1) is 18.8 Å². The quantitative estimate of drug-likeness (QED) is 0.147. The molecule has 42 heavy (non-hydrogen) atoms. The van der Waals surface area contributed by atoms with Gasteiger partial charge in [0.1, 0.15) is 83.3 Å². The van der Waals surface area contributed by atoms with Gasteiger partial charge in [-0.15, -0.1) is 0 Å². The molecule has 2 saturated heterocycles. The first-order valence-electron chi connectivity index (χ1n) is 12.9. The van der Waals surface area contributed by atoms with Gasteiger partial charge in [-0.3, -0.25) is 4.79 Å². The predicted octanol–water partition coefficient (Wildman–Crippen LogP) is -2.08. The van der Waals surface area contributed by atoms with Crippen molar-refractivity contribution in [3.05, 3.63) is 52.2 Å². The maximum atomic E-state index is 13.1. The minimum Gasteiger partial charge on any atom is -0.508 e. The summed E-state index contributed by atoms with van der Waals surface area (Å²) in [4.78, 5) is 13.1. The number of benzene rings is 2. The van der Waals surface area contributed by atoms with Gasteiger partial charge in [0, 0.05) is 17.7 Å². The minimum atomic E-state index is -1.93. The van der Waals surface area contributed by atoms with Gasteiger partial charge in [0.25, 0.3) is 0 Å². The zero-order valence-corrected chi connectivity index (χ0v) is 21.7. The number of aromatic hydroxyl groups is 3. The van der Waals surface area contributed by atoms with Crippen molar-refractivity contribution in [2.24, 2.45) is 0 Å². The number of aliphatic hydroxyl groups excluding tert-OH is 7. The highest BCUT2D eigenvalue weighted by Gasteiger charge is 2.51. The molecule has 0 saturated carbocycles. The van der Waals surface area contributed by atoms with Crippen LogP contribution in [-0.4, -0.2) is 119 Å². The van der Waals surface area contributed by atoms with Gasteiger partial charge < -0.3 is 69.7 Å². The van der Waals surface area contributed by atoms with E-state index in [1.165, 1.54) is 24.3 Å². The molecule has 1 aromatic heterocycles. The first-order valence-corrected chi connectivity index (χ1v) is 12.9. The molecule has 0 unspecified atom stereocenters. The minimum absolute atomic E-state index is 0.0445. The van der Waals surface area contributed by atoms with E-state index in [-0.39, 0.29) is 22.5 Å². The van der Waals surface area contributed by atoms with Crippen LogP contribution in [0.15, 0.2) is 45.6 Å². The molecular formula is C27H30O15. The molecule has 0 amide bonds. The van der Waals surface area contributed by atoms with Crippen LogP contribution >= 0.6 is 0 Å². The van der Waals surface area contributed by atoms with Crippen LogP contribution in [0.3, 0.4) is 0 Å². The van der Waals surface area contributed by atoms with Gasteiger partial charge in [-0.25, -0.2) is 0 Å². The summed E-state index contributed by atoms with van der Waals surface area (Å²) in [6, 6.07) is 7.44. The summed E-state index contributed by atoms with van der Waals surface area (Å²) in [5.41, 5.74) is -1.18. The highest BCUT2D eigenvalue weighted by atomic mass is 16.7. The zero-order chi connectivity index (χ0) is 30.5. The molecule has 2 aromatic carbocycles. The third-order valence-electron chi connectivity index (χ3n) is 7.44. The lowest BCUT2D eigenvalue weighted by Gasteiger charge is -2.46. The lowest BCUT2D eigenvalue weighted by Crippen LogP contribution is -2.63. The number of ether oxygens (including phenoxy) is 3. The average Bonchev–Trinajstić information content (AvgIpc) is 2.96. The number of fused-ring (bicyclic) bond motifs is 1. The summed E-state index contributed by atoms with van der Waals surface area (Å²) in [5.74, 6) is -1.46. The van der Waals surface area contributed by atoms with Crippen molar-refractivity contribution >= 4 is 11.0 Å². The molecule has 0 spiro atoms. The first kappa shape index (κ1) is 30.1. The van der Waals surface area contributed by atoms with Gasteiger partial charge >= 0.3 is 0 Å². The van der Waals surface area contributed by atoms with E-state index in [1.54, 1.807) is 0 Å². The second kappa shape index (κ2) is 11.7. The lowest BCUT2D eigenvalue weighted by molar-refractivity contribution is -0.342. The predicted molar refractivity (Wildman–Crippen MR) is 138 cm³/mol. The molecule has 2 fully saturated rings. The average molecular weight is 595 g/mol. The largest absolute Gasteiger partial charge is 0.508 e. The Balaban J connectivity index is 1.59. The normalized spacial score (nSPS) is 33.6. The van der Waals surface area contributed by atoms with Crippen molar-refractivity contribution in [2.75, 3.05) is 13.2 Å². The molecule has 0 bridgehead atoms. The fraction of sp³-hybridized carbons (Fsp3) is 0.444. The molecule has 5 rings (SSSR count). The molecular weight excluding hydrogens is 564 g/mol. The van der Waals surface area contributed by atoms with Crippen LogP contribution in [0.1, 0.15) is 11.7 Å². The van der Waals surface area contributed by atoms with E-state index in [2.05, 4.69) is 0 Å². The van der Waals surface area contributed by atoms with E-state index in [4.69, 9.17) is 18.6 Å². The third-order valence-corrected chi connectivity index (χ3v) is 7.44. The summed E-state index contributed by atoms with van der Waals surface area (Å²) in [5, 5.41) is 103. The first-order chi connectivity index (χ1) is 20.0. The van der Waals surface area contributed by atoms with E-state index in [0.717, 1.165) is 12.1 Å². The van der Waals surface area contributed by atoms with Crippen LogP contribution in [-0.2, 0) is 14.2 Å². The maximum Gasteiger partial charge on any atom is 0.197 e. The molecule has 15 nitrogen and oxygen atoms in total. The Morgan fingerprint density at radius 1 is 0.738 bits per heavy atom. The van der Waals surface area contributed by atoms with Crippen LogP contribution < -0.4 is 5.43 Å². The van der Waals surface area contributed by atoms with Crippen LogP contribution in [0.5, 0.6) is 17.2 Å². The van der Waals surface area contributed by atoms with Gasteiger partial charge in [0.15, 0.2) is 17.3 Å². The van der Waals surface area contributed by atoms with Crippen molar-refractivity contribution in [1.29, 1.82) is 0 Å². The SMILES string of the molecule is O=c1cc(-c2ccc(O)cc2)oc2c([C@@H]3O[C@H](CO)[C@@H](O)[C@H](O[C@@H]4O[C@H](CO)[C@@H](O)[C@H](O)[C@H]4O)[C@H]3O)c(O)cc(O)c12. The monoisotopic (exact) mass is 594 g/mol. The van der Waals surface area contributed by atoms with Gasteiger partial charge in [-0.1, -0.05) is 0 Å². The molecule has 2 aliphatic rings. The Bertz CT molecular complexity index is 1470. The number of aliphatic hydroxyl groups is 7. The standard InChI is InChI=1S/C27H30O15/c28-7-15-19(34)21(36)22(37)27(41-15)42-26-20(35)16(8-29)40-25(23(26)38)18-12(32)5-11(31)17-13(33)6-14(39-24(17)18)9-1-3-10(30)4-2-9/h1-6,15-16,19-23,25-32,34-38H,7-8H2/t15-,16-,19-,20-,21+,22-,23+,25+,26+,27+/m1/s1. The van der Waals surface area contributed by atoms with E-state index >= 15 is 0 Å². The number of rotatable bonds is 6. The molecule has 228 valence electrons. The molecule has 0 radical (unpaired) electrons. The maximum absolute atomic E-state index is 13.1. The van der Waals surface area contributed by atoms with E-state index < -0.39 is 97.0 Å². The topological polar surface area (TPSA) is 260 Å². The van der Waals surface area contributed by atoms with E-state index in [0.29, 0.717) is 5.56 Å². The molecule has 10 atom stereocenters. The van der Waals surface area contributed by atoms with Gasteiger partial charge in [-0.05, 0) is 24.3 Å². The zero-order valence-electron chi connectivity index (χ0n) is 21.7. The molecule has 3 aromatic rings. The molecule has 15 heteroatoms. The van der Waals surface area contributed by atoms with Crippen LogP contribution in [0.25, 0.3) is 22.3 Å². The van der Waals surface area contributed by atoms with Crippen molar-refractivity contribution in [3.63, 3.8) is 0 Å². The summed E-state index contributed by atoms with van der Waals surface area (Å²) in [6.07, 6.45) is -17.2. The molecule has 2 aliphatic heterocycles. The summed E-state index contributed by atoms with van der Waals surface area (Å²) in [6.45, 7) is -1.61. The van der Waals surface area contributed by atoms with Crippen molar-refractivity contribution in [1.82, 2.24) is 0 Å². The molecule has 3 heterocycles. The van der Waals surface area contributed by atoms with Crippen molar-refractivity contribution in [3.8, 4) is 28.6 Å². The fourth-order valence-electron chi connectivity index (χ4n) is 5.19. The smallest absolute Gasteiger partial charge is 0.197 e. The second-order valence-electron chi connectivity index (χ2n) is 10.1. The number of hydrogen-bond donors (Lipinski definition) is 10. The van der Waals surface area contributed by atoms with Crippen molar-refractivity contribution in [2.45, 2.75) is 61.2 Å². The Kier molecular flexibility index (Phi) is 8.41.